The van der Waals surface area contributed by atoms with Crippen LogP contribution in [0.25, 0.3) is 0 Å². The summed E-state index contributed by atoms with van der Waals surface area (Å²) in [5.74, 6) is 0.872. The van der Waals surface area contributed by atoms with Crippen LogP contribution in [-0.2, 0) is 0 Å². The van der Waals surface area contributed by atoms with Crippen LogP contribution in [0.1, 0.15) is 29.5 Å². The molecular formula is C19H17BrN2O3. The maximum Gasteiger partial charge on any atom is 0.275 e. The predicted octanol–water partition coefficient (Wildman–Crippen LogP) is 5.19. The Morgan fingerprint density at radius 1 is 1.28 bits per heavy atom. The van der Waals surface area contributed by atoms with E-state index in [-0.39, 0.29) is 28.5 Å². The number of methoxy groups -OCH3 is 1. The summed E-state index contributed by atoms with van der Waals surface area (Å²) in [4.78, 5) is 11.3. The minimum absolute atomic E-state index is 0.00357. The number of nitro benzene ring substituents is 1. The van der Waals surface area contributed by atoms with Gasteiger partial charge in [0, 0.05) is 16.5 Å². The van der Waals surface area contributed by atoms with Gasteiger partial charge >= 0.3 is 0 Å². The SMILES string of the molecule is COc1ccc([N+](=O)[O-])c2c1N[C@H](c1ccccc1Br)[C@H]1CC=C[C@@H]21. The highest BCUT2D eigenvalue weighted by Crippen LogP contribution is 2.55. The summed E-state index contributed by atoms with van der Waals surface area (Å²) in [6.45, 7) is 0. The zero-order valence-electron chi connectivity index (χ0n) is 13.6. The molecule has 2 aliphatic rings. The van der Waals surface area contributed by atoms with Gasteiger partial charge < -0.3 is 10.1 Å². The van der Waals surface area contributed by atoms with E-state index in [1.165, 1.54) is 0 Å². The quantitative estimate of drug-likeness (QED) is 0.437. The highest BCUT2D eigenvalue weighted by molar-refractivity contribution is 9.10. The molecule has 6 heteroatoms. The smallest absolute Gasteiger partial charge is 0.275 e. The van der Waals surface area contributed by atoms with Crippen LogP contribution in [0.2, 0.25) is 0 Å². The molecule has 25 heavy (non-hydrogen) atoms. The summed E-state index contributed by atoms with van der Waals surface area (Å²) >= 11 is 3.64. The molecule has 1 heterocycles. The van der Waals surface area contributed by atoms with Gasteiger partial charge in [-0.1, -0.05) is 46.3 Å². The van der Waals surface area contributed by atoms with E-state index >= 15 is 0 Å². The van der Waals surface area contributed by atoms with E-state index in [9.17, 15) is 10.1 Å². The molecule has 2 aromatic rings. The third kappa shape index (κ3) is 2.52. The van der Waals surface area contributed by atoms with Crippen molar-refractivity contribution in [1.82, 2.24) is 0 Å². The summed E-state index contributed by atoms with van der Waals surface area (Å²) in [7, 11) is 1.59. The van der Waals surface area contributed by atoms with Crippen molar-refractivity contribution < 1.29 is 9.66 Å². The number of anilines is 1. The van der Waals surface area contributed by atoms with Crippen molar-refractivity contribution in [2.75, 3.05) is 12.4 Å². The molecular weight excluding hydrogens is 384 g/mol. The van der Waals surface area contributed by atoms with E-state index in [1.807, 2.05) is 18.2 Å². The Morgan fingerprint density at radius 3 is 2.80 bits per heavy atom. The van der Waals surface area contributed by atoms with Crippen LogP contribution in [0.5, 0.6) is 5.75 Å². The molecule has 0 unspecified atom stereocenters. The van der Waals surface area contributed by atoms with Crippen LogP contribution in [0.4, 0.5) is 11.4 Å². The van der Waals surface area contributed by atoms with E-state index in [1.54, 1.807) is 19.2 Å². The molecule has 1 aliphatic heterocycles. The lowest BCUT2D eigenvalue weighted by atomic mass is 9.76. The second-order valence-corrected chi connectivity index (χ2v) is 7.18. The Kier molecular flexibility index (Phi) is 4.00. The Labute approximate surface area is 154 Å². The first-order valence-electron chi connectivity index (χ1n) is 8.14. The molecule has 0 spiro atoms. The topological polar surface area (TPSA) is 64.4 Å². The molecule has 0 aromatic heterocycles. The monoisotopic (exact) mass is 400 g/mol. The van der Waals surface area contributed by atoms with Gasteiger partial charge in [0.05, 0.1) is 29.3 Å². The third-order valence-corrected chi connectivity index (χ3v) is 5.84. The number of fused-ring (bicyclic) bond motifs is 3. The highest BCUT2D eigenvalue weighted by atomic mass is 79.9. The van der Waals surface area contributed by atoms with Gasteiger partial charge in [-0.2, -0.15) is 0 Å². The molecule has 0 saturated carbocycles. The number of allylic oxidation sites excluding steroid dienone is 2. The number of nitro groups is 1. The first kappa shape index (κ1) is 16.1. The molecule has 0 radical (unpaired) electrons. The number of hydrogen-bond acceptors (Lipinski definition) is 4. The maximum atomic E-state index is 11.6. The molecule has 128 valence electrons. The molecule has 1 aliphatic carbocycles. The molecule has 2 aromatic carbocycles. The van der Waals surface area contributed by atoms with Gasteiger partial charge in [0.25, 0.3) is 5.69 Å². The van der Waals surface area contributed by atoms with Crippen LogP contribution in [0.3, 0.4) is 0 Å². The van der Waals surface area contributed by atoms with E-state index in [4.69, 9.17) is 4.74 Å². The van der Waals surface area contributed by atoms with E-state index in [0.717, 1.165) is 27.7 Å². The van der Waals surface area contributed by atoms with Crippen molar-refractivity contribution in [2.45, 2.75) is 18.4 Å². The van der Waals surface area contributed by atoms with Crippen molar-refractivity contribution >= 4 is 27.3 Å². The Morgan fingerprint density at radius 2 is 2.08 bits per heavy atom. The molecule has 5 nitrogen and oxygen atoms in total. The Balaban J connectivity index is 1.91. The first-order valence-corrected chi connectivity index (χ1v) is 8.94. The fraction of sp³-hybridized carbons (Fsp3) is 0.263. The van der Waals surface area contributed by atoms with Crippen LogP contribution in [0, 0.1) is 16.0 Å². The summed E-state index contributed by atoms with van der Waals surface area (Å²) in [6.07, 6.45) is 5.11. The van der Waals surface area contributed by atoms with Crippen molar-refractivity contribution in [3.63, 3.8) is 0 Å². The number of ether oxygens (including phenoxy) is 1. The Hall–Kier alpha value is -2.34. The van der Waals surface area contributed by atoms with Gasteiger partial charge in [-0.3, -0.25) is 10.1 Å². The number of halogens is 1. The van der Waals surface area contributed by atoms with Gasteiger partial charge in [0.1, 0.15) is 5.75 Å². The fourth-order valence-corrected chi connectivity index (χ4v) is 4.56. The number of hydrogen-bond donors (Lipinski definition) is 1. The lowest BCUT2D eigenvalue weighted by Crippen LogP contribution is -2.30. The first-order chi connectivity index (χ1) is 12.1. The van der Waals surface area contributed by atoms with E-state index < -0.39 is 0 Å². The minimum atomic E-state index is -0.304. The molecule has 1 N–H and O–H groups in total. The third-order valence-electron chi connectivity index (χ3n) is 5.12. The number of nitrogens with one attached hydrogen (secondary N) is 1. The molecule has 0 saturated heterocycles. The molecule has 4 rings (SSSR count). The maximum absolute atomic E-state index is 11.6. The minimum Gasteiger partial charge on any atom is -0.495 e. The molecule has 0 bridgehead atoms. The van der Waals surface area contributed by atoms with Crippen molar-refractivity contribution in [2.24, 2.45) is 5.92 Å². The summed E-state index contributed by atoms with van der Waals surface area (Å²) in [5, 5.41) is 15.1. The van der Waals surface area contributed by atoms with Gasteiger partial charge in [-0.05, 0) is 30.0 Å². The lowest BCUT2D eigenvalue weighted by Gasteiger charge is -2.38. The Bertz CT molecular complexity index is 881. The van der Waals surface area contributed by atoms with Crippen molar-refractivity contribution in [3.8, 4) is 5.75 Å². The van der Waals surface area contributed by atoms with Gasteiger partial charge in [0.15, 0.2) is 0 Å². The predicted molar refractivity (Wildman–Crippen MR) is 100 cm³/mol. The zero-order valence-corrected chi connectivity index (χ0v) is 15.2. The normalized spacial score (nSPS) is 23.5. The summed E-state index contributed by atoms with van der Waals surface area (Å²) in [6, 6.07) is 11.4. The van der Waals surface area contributed by atoms with Gasteiger partial charge in [-0.15, -0.1) is 0 Å². The van der Waals surface area contributed by atoms with Crippen LogP contribution >= 0.6 is 15.9 Å². The fourth-order valence-electron chi connectivity index (χ4n) is 4.03. The van der Waals surface area contributed by atoms with Crippen molar-refractivity contribution in [1.29, 1.82) is 0 Å². The van der Waals surface area contributed by atoms with E-state index in [2.05, 4.69) is 39.5 Å². The summed E-state index contributed by atoms with van der Waals surface area (Å²) < 4.78 is 6.52. The molecule has 3 atom stereocenters. The van der Waals surface area contributed by atoms with Gasteiger partial charge in [-0.25, -0.2) is 0 Å². The second-order valence-electron chi connectivity index (χ2n) is 6.33. The number of nitrogens with zero attached hydrogens (tertiary/aromatic N) is 1. The zero-order chi connectivity index (χ0) is 17.6. The van der Waals surface area contributed by atoms with Crippen LogP contribution in [0.15, 0.2) is 53.0 Å². The average Bonchev–Trinajstić information content (AvgIpc) is 3.10. The van der Waals surface area contributed by atoms with Gasteiger partial charge in [0.2, 0.25) is 0 Å². The standard InChI is InChI=1S/C19H17BrN2O3/c1-25-16-10-9-15(22(23)24)17-11-6-4-7-12(11)18(21-19(16)17)13-5-2-3-8-14(13)20/h2-6,8-12,18,21H,7H2,1H3/t11-,12+,18+/m1/s1. The second kappa shape index (κ2) is 6.19. The summed E-state index contributed by atoms with van der Waals surface area (Å²) in [5.41, 5.74) is 2.76. The molecule has 0 fully saturated rings. The number of rotatable bonds is 3. The lowest BCUT2D eigenvalue weighted by molar-refractivity contribution is -0.385. The van der Waals surface area contributed by atoms with Crippen LogP contribution in [-0.4, -0.2) is 12.0 Å². The number of benzene rings is 2. The van der Waals surface area contributed by atoms with Crippen molar-refractivity contribution in [3.05, 3.63) is 74.3 Å². The largest absolute Gasteiger partial charge is 0.495 e. The average molecular weight is 401 g/mol. The highest BCUT2D eigenvalue weighted by Gasteiger charge is 2.43. The van der Waals surface area contributed by atoms with Crippen LogP contribution < -0.4 is 10.1 Å². The molecule has 0 amide bonds. The van der Waals surface area contributed by atoms with E-state index in [0.29, 0.717) is 5.75 Å².